The van der Waals surface area contributed by atoms with Crippen LogP contribution in [0.2, 0.25) is 0 Å². The Morgan fingerprint density at radius 2 is 2.27 bits per heavy atom. The number of ether oxygens (including phenoxy) is 1. The third-order valence-corrected chi connectivity index (χ3v) is 2.39. The van der Waals surface area contributed by atoms with Gasteiger partial charge in [-0.05, 0) is 0 Å². The summed E-state index contributed by atoms with van der Waals surface area (Å²) in [6, 6.07) is 0. The van der Waals surface area contributed by atoms with Crippen LogP contribution < -0.4 is 16.2 Å². The van der Waals surface area contributed by atoms with Crippen molar-refractivity contribution < 1.29 is 4.74 Å². The molecule has 15 heavy (non-hydrogen) atoms. The van der Waals surface area contributed by atoms with E-state index < -0.39 is 0 Å². The van der Waals surface area contributed by atoms with Gasteiger partial charge in [0, 0.05) is 31.4 Å². The van der Waals surface area contributed by atoms with Crippen molar-refractivity contribution in [2.24, 2.45) is 5.73 Å². The molecule has 2 heterocycles. The topological polar surface area (TPSA) is 84.2 Å². The zero-order chi connectivity index (χ0) is 10.7. The molecule has 1 fully saturated rings. The first-order valence-electron chi connectivity index (χ1n) is 4.92. The van der Waals surface area contributed by atoms with E-state index in [4.69, 9.17) is 10.5 Å². The van der Waals surface area contributed by atoms with Gasteiger partial charge in [-0.15, -0.1) is 0 Å². The summed E-state index contributed by atoms with van der Waals surface area (Å²) < 4.78 is 5.21. The van der Waals surface area contributed by atoms with Gasteiger partial charge in [0.2, 0.25) is 5.95 Å². The summed E-state index contributed by atoms with van der Waals surface area (Å²) in [4.78, 5) is 20.4. The second-order valence-electron chi connectivity index (χ2n) is 3.36. The molecule has 6 nitrogen and oxygen atoms in total. The molecule has 1 aromatic rings. The van der Waals surface area contributed by atoms with E-state index in [9.17, 15) is 4.79 Å². The lowest BCUT2D eigenvalue weighted by atomic mass is 10.3. The van der Waals surface area contributed by atoms with Crippen LogP contribution in [0.1, 0.15) is 5.56 Å². The fourth-order valence-corrected chi connectivity index (χ4v) is 1.49. The van der Waals surface area contributed by atoms with Crippen LogP contribution in [0.3, 0.4) is 0 Å². The standard InChI is InChI=1S/C9H14N4O2/c10-5-7-6-11-9(12-8(7)14)13-1-3-15-4-2-13/h6H,1-5,10H2,(H,11,12,14). The molecule has 0 amide bonds. The van der Waals surface area contributed by atoms with E-state index in [0.29, 0.717) is 24.7 Å². The Hall–Kier alpha value is -1.40. The number of nitrogens with one attached hydrogen (secondary N) is 1. The van der Waals surface area contributed by atoms with Gasteiger partial charge in [-0.25, -0.2) is 4.98 Å². The van der Waals surface area contributed by atoms with Gasteiger partial charge < -0.3 is 15.4 Å². The first kappa shape index (κ1) is 10.1. The second kappa shape index (κ2) is 4.41. The molecule has 0 spiro atoms. The van der Waals surface area contributed by atoms with Crippen molar-refractivity contribution in [2.75, 3.05) is 31.2 Å². The molecule has 0 aromatic carbocycles. The molecule has 1 saturated heterocycles. The molecule has 2 rings (SSSR count). The van der Waals surface area contributed by atoms with E-state index >= 15 is 0 Å². The minimum Gasteiger partial charge on any atom is -0.378 e. The fourth-order valence-electron chi connectivity index (χ4n) is 1.49. The number of nitrogens with zero attached hydrogens (tertiary/aromatic N) is 2. The summed E-state index contributed by atoms with van der Waals surface area (Å²) in [7, 11) is 0. The number of hydrogen-bond acceptors (Lipinski definition) is 5. The van der Waals surface area contributed by atoms with Crippen LogP contribution in [-0.4, -0.2) is 36.3 Å². The van der Waals surface area contributed by atoms with Crippen molar-refractivity contribution in [1.82, 2.24) is 9.97 Å². The van der Waals surface area contributed by atoms with Crippen molar-refractivity contribution in [1.29, 1.82) is 0 Å². The predicted octanol–water partition coefficient (Wildman–Crippen LogP) is -0.935. The number of hydrogen-bond donors (Lipinski definition) is 2. The summed E-state index contributed by atoms with van der Waals surface area (Å²) in [5.74, 6) is 0.598. The fraction of sp³-hybridized carbons (Fsp3) is 0.556. The van der Waals surface area contributed by atoms with Crippen LogP contribution in [0, 0.1) is 0 Å². The zero-order valence-corrected chi connectivity index (χ0v) is 8.40. The average molecular weight is 210 g/mol. The first-order valence-corrected chi connectivity index (χ1v) is 4.92. The normalized spacial score (nSPS) is 16.7. The van der Waals surface area contributed by atoms with Gasteiger partial charge in [-0.3, -0.25) is 9.78 Å². The maximum absolute atomic E-state index is 11.5. The van der Waals surface area contributed by atoms with Gasteiger partial charge >= 0.3 is 0 Å². The number of nitrogens with two attached hydrogens (primary N) is 1. The van der Waals surface area contributed by atoms with Gasteiger partial charge in [-0.1, -0.05) is 0 Å². The summed E-state index contributed by atoms with van der Waals surface area (Å²) >= 11 is 0. The number of morpholine rings is 1. The maximum Gasteiger partial charge on any atom is 0.256 e. The van der Waals surface area contributed by atoms with Crippen molar-refractivity contribution in [3.8, 4) is 0 Å². The van der Waals surface area contributed by atoms with Gasteiger partial charge in [0.1, 0.15) is 0 Å². The summed E-state index contributed by atoms with van der Waals surface area (Å²) in [6.45, 7) is 3.06. The summed E-state index contributed by atoms with van der Waals surface area (Å²) in [6.07, 6.45) is 1.53. The molecule has 3 N–H and O–H groups in total. The number of aromatic amines is 1. The highest BCUT2D eigenvalue weighted by molar-refractivity contribution is 5.30. The van der Waals surface area contributed by atoms with Crippen LogP contribution in [0.15, 0.2) is 11.0 Å². The van der Waals surface area contributed by atoms with Crippen molar-refractivity contribution >= 4 is 5.95 Å². The maximum atomic E-state index is 11.5. The number of H-pyrrole nitrogens is 1. The van der Waals surface area contributed by atoms with Gasteiger partial charge in [-0.2, -0.15) is 0 Å². The van der Waals surface area contributed by atoms with E-state index in [2.05, 4.69) is 9.97 Å². The molecule has 1 aromatic heterocycles. The number of aromatic nitrogens is 2. The second-order valence-corrected chi connectivity index (χ2v) is 3.36. The molecule has 0 aliphatic carbocycles. The Balaban J connectivity index is 2.21. The molecule has 0 unspecified atom stereocenters. The van der Waals surface area contributed by atoms with Crippen molar-refractivity contribution in [3.63, 3.8) is 0 Å². The Morgan fingerprint density at radius 3 is 2.87 bits per heavy atom. The van der Waals surface area contributed by atoms with Gasteiger partial charge in [0.15, 0.2) is 0 Å². The van der Waals surface area contributed by atoms with E-state index in [1.54, 1.807) is 0 Å². The SMILES string of the molecule is NCc1cnc(N2CCOCC2)[nH]c1=O. The summed E-state index contributed by atoms with van der Waals surface area (Å²) in [5.41, 5.74) is 5.73. The minimum atomic E-state index is -0.158. The monoisotopic (exact) mass is 210 g/mol. The number of rotatable bonds is 2. The molecule has 1 aliphatic rings. The van der Waals surface area contributed by atoms with Crippen LogP contribution >= 0.6 is 0 Å². The molecule has 0 radical (unpaired) electrons. The van der Waals surface area contributed by atoms with Crippen LogP contribution in [0.5, 0.6) is 0 Å². The lowest BCUT2D eigenvalue weighted by molar-refractivity contribution is 0.122. The first-order chi connectivity index (χ1) is 7.31. The van der Waals surface area contributed by atoms with Crippen molar-refractivity contribution in [3.05, 3.63) is 22.1 Å². The molecule has 1 aliphatic heterocycles. The van der Waals surface area contributed by atoms with E-state index in [-0.39, 0.29) is 12.1 Å². The average Bonchev–Trinajstić information content (AvgIpc) is 2.30. The Kier molecular flexibility index (Phi) is 2.98. The lowest BCUT2D eigenvalue weighted by Gasteiger charge is -2.26. The highest BCUT2D eigenvalue weighted by atomic mass is 16.5. The third kappa shape index (κ3) is 2.16. The molecular formula is C9H14N4O2. The molecule has 6 heteroatoms. The van der Waals surface area contributed by atoms with Crippen molar-refractivity contribution in [2.45, 2.75) is 6.54 Å². The molecule has 82 valence electrons. The van der Waals surface area contributed by atoms with E-state index in [1.807, 2.05) is 4.90 Å². The van der Waals surface area contributed by atoms with Crippen LogP contribution in [0.25, 0.3) is 0 Å². The van der Waals surface area contributed by atoms with Gasteiger partial charge in [0.25, 0.3) is 5.56 Å². The molecule has 0 saturated carbocycles. The van der Waals surface area contributed by atoms with Crippen LogP contribution in [-0.2, 0) is 11.3 Å². The smallest absolute Gasteiger partial charge is 0.256 e. The Bertz CT molecular complexity index is 384. The highest BCUT2D eigenvalue weighted by Gasteiger charge is 2.13. The largest absolute Gasteiger partial charge is 0.378 e. The number of anilines is 1. The molecule has 0 bridgehead atoms. The van der Waals surface area contributed by atoms with E-state index in [0.717, 1.165) is 13.1 Å². The molecule has 0 atom stereocenters. The molecular weight excluding hydrogens is 196 g/mol. The highest BCUT2D eigenvalue weighted by Crippen LogP contribution is 2.06. The zero-order valence-electron chi connectivity index (χ0n) is 8.40. The quantitative estimate of drug-likeness (QED) is 0.658. The summed E-state index contributed by atoms with van der Waals surface area (Å²) in [5, 5.41) is 0. The minimum absolute atomic E-state index is 0.158. The van der Waals surface area contributed by atoms with Crippen LogP contribution in [0.4, 0.5) is 5.95 Å². The Morgan fingerprint density at radius 1 is 1.53 bits per heavy atom. The van der Waals surface area contributed by atoms with Gasteiger partial charge in [0.05, 0.1) is 13.2 Å². The Labute approximate surface area is 87.1 Å². The lowest BCUT2D eigenvalue weighted by Crippen LogP contribution is -2.38. The third-order valence-electron chi connectivity index (χ3n) is 2.39. The van der Waals surface area contributed by atoms with E-state index in [1.165, 1.54) is 6.20 Å². The predicted molar refractivity (Wildman–Crippen MR) is 55.8 cm³/mol.